The molecule has 2 rings (SSSR count). The lowest BCUT2D eigenvalue weighted by atomic mass is 10.0. The number of hydrogen-bond acceptors (Lipinski definition) is 10. The van der Waals surface area contributed by atoms with Crippen molar-refractivity contribution in [3.8, 4) is 0 Å². The molecule has 0 aromatic carbocycles. The van der Waals surface area contributed by atoms with E-state index in [2.05, 4.69) is 10.3 Å². The summed E-state index contributed by atoms with van der Waals surface area (Å²) in [7, 11) is 3.10. The van der Waals surface area contributed by atoms with Crippen molar-refractivity contribution in [3.63, 3.8) is 0 Å². The van der Waals surface area contributed by atoms with E-state index in [4.69, 9.17) is 32.5 Å². The van der Waals surface area contributed by atoms with E-state index in [-0.39, 0.29) is 5.25 Å². The summed E-state index contributed by atoms with van der Waals surface area (Å²) in [5, 5.41) is 7.83. The Kier molecular flexibility index (Phi) is 11.2. The molecule has 0 unspecified atom stereocenters. The summed E-state index contributed by atoms with van der Waals surface area (Å²) < 4.78 is 46.0. The lowest BCUT2D eigenvalue weighted by Gasteiger charge is -2.37. The van der Waals surface area contributed by atoms with Crippen LogP contribution in [0.25, 0.3) is 0 Å². The Morgan fingerprint density at radius 1 is 1.00 bits per heavy atom. The van der Waals surface area contributed by atoms with E-state index in [1.807, 2.05) is 4.90 Å². The van der Waals surface area contributed by atoms with Gasteiger partial charge in [-0.3, -0.25) is 9.58 Å². The van der Waals surface area contributed by atoms with Gasteiger partial charge in [0.25, 0.3) is 0 Å². The fraction of sp³-hybridized carbons (Fsp3) is 0.882. The molecule has 1 aliphatic rings. The summed E-state index contributed by atoms with van der Waals surface area (Å²) in [4.78, 5) is 1.99. The van der Waals surface area contributed by atoms with Crippen LogP contribution < -0.4 is 11.3 Å². The van der Waals surface area contributed by atoms with Gasteiger partial charge in [-0.25, -0.2) is 8.42 Å². The minimum atomic E-state index is -2.98. The number of hydrogen-bond donors (Lipinski definition) is 1. The van der Waals surface area contributed by atoms with Crippen LogP contribution in [0, 0.1) is 0 Å². The van der Waals surface area contributed by atoms with Gasteiger partial charge >= 0.3 is 0 Å². The number of ether oxygens (including phenoxy) is 4. The summed E-state index contributed by atoms with van der Waals surface area (Å²) in [5.74, 6) is 0. The normalized spacial score (nSPS) is 15.5. The second kappa shape index (κ2) is 13.4. The Balaban J connectivity index is 1.47. The Morgan fingerprint density at radius 3 is 2.07 bits per heavy atom. The van der Waals surface area contributed by atoms with Crippen LogP contribution in [-0.4, -0.2) is 120 Å². The Bertz CT molecular complexity index is 713. The Morgan fingerprint density at radius 2 is 1.53 bits per heavy atom. The van der Waals surface area contributed by atoms with Crippen LogP contribution in [0.1, 0.15) is 5.69 Å². The van der Waals surface area contributed by atoms with E-state index in [0.29, 0.717) is 96.9 Å². The van der Waals surface area contributed by atoms with Gasteiger partial charge in [0, 0.05) is 38.0 Å². The molecule has 1 fully saturated rings. The molecule has 1 aromatic heterocycles. The number of nitrogens with two attached hydrogens (primary N) is 1. The number of aromatic nitrogens is 3. The van der Waals surface area contributed by atoms with Crippen LogP contribution in [0.4, 0.5) is 0 Å². The molecule has 0 aliphatic carbocycles. The van der Waals surface area contributed by atoms with E-state index >= 15 is 0 Å². The quantitative estimate of drug-likeness (QED) is 0.200. The van der Waals surface area contributed by atoms with Gasteiger partial charge in [0.2, 0.25) is 0 Å². The molecular weight excluding hydrogens is 413 g/mol. The van der Waals surface area contributed by atoms with Gasteiger partial charge in [-0.2, -0.15) is 0 Å². The third-order valence-corrected chi connectivity index (χ3v) is 6.08. The minimum Gasteiger partial charge on any atom is -0.378 e. The van der Waals surface area contributed by atoms with Crippen molar-refractivity contribution >= 4 is 23.3 Å². The summed E-state index contributed by atoms with van der Waals surface area (Å²) >= 11 is 0. The second-order valence-corrected chi connectivity index (χ2v) is 9.35. The first-order valence-corrected chi connectivity index (χ1v) is 12.0. The topological polar surface area (TPSA) is 131 Å². The van der Waals surface area contributed by atoms with Crippen LogP contribution in [0.3, 0.4) is 0 Å². The maximum absolute atomic E-state index is 11.5. The lowest BCUT2D eigenvalue weighted by Crippen LogP contribution is -2.54. The molecule has 1 aliphatic heterocycles. The molecule has 13 heteroatoms. The zero-order valence-corrected chi connectivity index (χ0v) is 18.4. The molecule has 170 valence electrons. The molecule has 11 nitrogen and oxygen atoms in total. The zero-order chi connectivity index (χ0) is 21.8. The summed E-state index contributed by atoms with van der Waals surface area (Å²) in [5.41, 5.74) is 6.44. The monoisotopic (exact) mass is 445 g/mol. The first-order chi connectivity index (χ1) is 14.4. The Labute approximate surface area is 179 Å². The minimum absolute atomic E-state index is 0.300. The van der Waals surface area contributed by atoms with Gasteiger partial charge in [-0.1, -0.05) is 5.21 Å². The molecule has 1 aromatic rings. The fourth-order valence-electron chi connectivity index (χ4n) is 2.76. The van der Waals surface area contributed by atoms with E-state index in [1.54, 1.807) is 4.68 Å². The van der Waals surface area contributed by atoms with Gasteiger partial charge in [-0.15, -0.1) is 5.10 Å². The van der Waals surface area contributed by atoms with Crippen LogP contribution in [0.2, 0.25) is 0 Å². The van der Waals surface area contributed by atoms with Crippen LogP contribution >= 0.6 is 0 Å². The van der Waals surface area contributed by atoms with E-state index < -0.39 is 9.84 Å². The predicted molar refractivity (Wildman–Crippen MR) is 112 cm³/mol. The van der Waals surface area contributed by atoms with Crippen molar-refractivity contribution in [1.82, 2.24) is 19.9 Å². The van der Waals surface area contributed by atoms with Crippen molar-refractivity contribution in [2.24, 2.45) is 5.73 Å². The van der Waals surface area contributed by atoms with Crippen molar-refractivity contribution in [2.45, 2.75) is 18.3 Å². The molecular formula is C17H32BN5O6S. The highest BCUT2D eigenvalue weighted by atomic mass is 32.2. The largest absolute Gasteiger partial charge is 0.378 e. The van der Waals surface area contributed by atoms with Crippen molar-refractivity contribution < 1.29 is 27.4 Å². The highest BCUT2D eigenvalue weighted by molar-refractivity contribution is 7.91. The third-order valence-electron chi connectivity index (χ3n) is 4.58. The summed E-state index contributed by atoms with van der Waals surface area (Å²) in [6.45, 7) is 6.47. The SMILES string of the molecule is [B]c1c(CN2CC(S(C)(=O)=O)C2)nnn1CCOCCOCCOCCOCCN. The van der Waals surface area contributed by atoms with E-state index in [9.17, 15) is 8.42 Å². The first-order valence-electron chi connectivity index (χ1n) is 10.0. The molecule has 2 heterocycles. The van der Waals surface area contributed by atoms with Gasteiger partial charge in [0.15, 0.2) is 9.84 Å². The number of nitrogens with zero attached hydrogens (tertiary/aromatic N) is 4. The molecule has 0 spiro atoms. The highest BCUT2D eigenvalue weighted by Gasteiger charge is 2.34. The van der Waals surface area contributed by atoms with Gasteiger partial charge in [0.1, 0.15) is 7.85 Å². The highest BCUT2D eigenvalue weighted by Crippen LogP contribution is 2.17. The van der Waals surface area contributed by atoms with E-state index in [0.717, 1.165) is 0 Å². The molecule has 2 radical (unpaired) electrons. The number of sulfone groups is 1. The summed E-state index contributed by atoms with van der Waals surface area (Å²) in [6, 6.07) is 0. The third kappa shape index (κ3) is 8.96. The van der Waals surface area contributed by atoms with Gasteiger partial charge < -0.3 is 24.7 Å². The zero-order valence-electron chi connectivity index (χ0n) is 17.6. The van der Waals surface area contributed by atoms with Crippen LogP contribution in [-0.2, 0) is 41.9 Å². The van der Waals surface area contributed by atoms with Gasteiger partial charge in [-0.05, 0) is 0 Å². The molecule has 0 bridgehead atoms. The maximum atomic E-state index is 11.5. The molecule has 0 amide bonds. The van der Waals surface area contributed by atoms with E-state index in [1.165, 1.54) is 6.26 Å². The average Bonchev–Trinajstić information content (AvgIpc) is 3.00. The second-order valence-electron chi connectivity index (χ2n) is 7.03. The summed E-state index contributed by atoms with van der Waals surface area (Å²) in [6.07, 6.45) is 1.26. The van der Waals surface area contributed by atoms with Crippen LogP contribution in [0.15, 0.2) is 0 Å². The lowest BCUT2D eigenvalue weighted by molar-refractivity contribution is -0.00194. The standard InChI is InChI=1S/C17H32BN5O6S/c1-30(24,25)15-12-22(13-15)14-16-17(18)23(21-20-16)3-5-27-7-9-29-11-10-28-8-6-26-4-2-19/h15H,2-14,19H2,1H3. The van der Waals surface area contributed by atoms with Gasteiger partial charge in [0.05, 0.1) is 70.3 Å². The maximum Gasteiger partial charge on any atom is 0.152 e. The van der Waals surface area contributed by atoms with Crippen LogP contribution in [0.5, 0.6) is 0 Å². The first kappa shape index (κ1) is 25.2. The molecule has 30 heavy (non-hydrogen) atoms. The molecule has 0 atom stereocenters. The average molecular weight is 445 g/mol. The molecule has 2 N–H and O–H groups in total. The molecule has 1 saturated heterocycles. The smallest absolute Gasteiger partial charge is 0.152 e. The number of likely N-dealkylation sites (tertiary alicyclic amines) is 1. The fourth-order valence-corrected chi connectivity index (χ4v) is 3.73. The molecule has 0 saturated carbocycles. The van der Waals surface area contributed by atoms with Crippen molar-refractivity contribution in [3.05, 3.63) is 5.69 Å². The number of rotatable bonds is 17. The Hall–Kier alpha value is -1.09. The van der Waals surface area contributed by atoms with Crippen molar-refractivity contribution in [1.29, 1.82) is 0 Å². The van der Waals surface area contributed by atoms with Crippen molar-refractivity contribution in [2.75, 3.05) is 78.7 Å². The predicted octanol–water partition coefficient (Wildman–Crippen LogP) is -2.67.